The molecule has 0 aliphatic carbocycles. The van der Waals surface area contributed by atoms with Gasteiger partial charge >= 0.3 is 12.1 Å². The van der Waals surface area contributed by atoms with Gasteiger partial charge in [0.1, 0.15) is 17.2 Å². The first kappa shape index (κ1) is 15.3. The van der Waals surface area contributed by atoms with Crippen LogP contribution < -0.4 is 5.32 Å². The molecule has 0 spiro atoms. The van der Waals surface area contributed by atoms with Crippen molar-refractivity contribution in [2.45, 2.75) is 31.6 Å². The molecule has 10 heteroatoms. The molecule has 0 radical (unpaired) electrons. The number of anilines is 1. The summed E-state index contributed by atoms with van der Waals surface area (Å²) in [5.74, 6) is -1.73. The van der Waals surface area contributed by atoms with Crippen molar-refractivity contribution in [2.24, 2.45) is 0 Å². The Hall–Kier alpha value is -2.65. The molecule has 1 atom stereocenters. The fourth-order valence-corrected chi connectivity index (χ4v) is 2.55. The van der Waals surface area contributed by atoms with E-state index in [0.717, 1.165) is 4.57 Å². The first-order valence-corrected chi connectivity index (χ1v) is 6.80. The number of alkyl halides is 3. The summed E-state index contributed by atoms with van der Waals surface area (Å²) in [5.41, 5.74) is 0.00974. The van der Waals surface area contributed by atoms with Crippen LogP contribution in [0.25, 0.3) is 0 Å². The maximum absolute atomic E-state index is 12.8. The van der Waals surface area contributed by atoms with E-state index in [4.69, 9.17) is 5.11 Å². The quantitative estimate of drug-likeness (QED) is 0.893. The summed E-state index contributed by atoms with van der Waals surface area (Å²) in [6, 6.07) is 2.65. The summed E-state index contributed by atoms with van der Waals surface area (Å²) in [6.07, 6.45) is -2.51. The van der Waals surface area contributed by atoms with Gasteiger partial charge in [0.05, 0.1) is 0 Å². The topological polar surface area (TPSA) is 92.9 Å². The predicted octanol–water partition coefficient (Wildman–Crippen LogP) is 1.82. The third-order valence-electron chi connectivity index (χ3n) is 3.59. The van der Waals surface area contributed by atoms with Gasteiger partial charge in [-0.05, 0) is 18.6 Å². The zero-order valence-corrected chi connectivity index (χ0v) is 11.7. The van der Waals surface area contributed by atoms with Crippen LogP contribution in [0.5, 0.6) is 0 Å². The number of fused-ring (bicyclic) bond motifs is 1. The van der Waals surface area contributed by atoms with Gasteiger partial charge in [-0.2, -0.15) is 13.2 Å². The second kappa shape index (κ2) is 5.52. The molecule has 1 unspecified atom stereocenters. The summed E-state index contributed by atoms with van der Waals surface area (Å²) in [5, 5.41) is 18.9. The minimum absolute atomic E-state index is 0.00974. The third kappa shape index (κ3) is 2.96. The molecule has 23 heavy (non-hydrogen) atoms. The highest BCUT2D eigenvalue weighted by atomic mass is 19.4. The Morgan fingerprint density at radius 2 is 2.17 bits per heavy atom. The number of hydrogen-bond donors (Lipinski definition) is 2. The number of aromatic carboxylic acids is 1. The number of hydrogen-bond acceptors (Lipinski definition) is 5. The smallest absolute Gasteiger partial charge is 0.451 e. The molecule has 3 rings (SSSR count). The van der Waals surface area contributed by atoms with Crippen LogP contribution >= 0.6 is 0 Å². The molecule has 0 fully saturated rings. The fourth-order valence-electron chi connectivity index (χ4n) is 2.55. The van der Waals surface area contributed by atoms with Crippen molar-refractivity contribution < 1.29 is 23.1 Å². The van der Waals surface area contributed by atoms with Crippen molar-refractivity contribution in [3.63, 3.8) is 0 Å². The van der Waals surface area contributed by atoms with E-state index in [1.807, 2.05) is 0 Å². The lowest BCUT2D eigenvalue weighted by Crippen LogP contribution is -2.32. The number of nitrogens with zero attached hydrogens (tertiary/aromatic N) is 4. The van der Waals surface area contributed by atoms with E-state index < -0.39 is 18.0 Å². The van der Waals surface area contributed by atoms with Crippen LogP contribution in [0.2, 0.25) is 0 Å². The lowest BCUT2D eigenvalue weighted by Gasteiger charge is -2.25. The van der Waals surface area contributed by atoms with Crippen LogP contribution in [0.15, 0.2) is 18.3 Å². The van der Waals surface area contributed by atoms with Crippen LogP contribution in [0.3, 0.4) is 0 Å². The fraction of sp³-hybridized carbons (Fsp3) is 0.385. The maximum Gasteiger partial charge on any atom is 0.451 e. The molecule has 2 N–H and O–H groups in total. The molecule has 122 valence electrons. The van der Waals surface area contributed by atoms with E-state index in [0.29, 0.717) is 6.42 Å². The molecule has 0 aromatic carbocycles. The second-order valence-corrected chi connectivity index (χ2v) is 5.13. The van der Waals surface area contributed by atoms with Gasteiger partial charge in [-0.1, -0.05) is 0 Å². The predicted molar refractivity (Wildman–Crippen MR) is 72.0 cm³/mol. The van der Waals surface area contributed by atoms with Crippen LogP contribution in [0, 0.1) is 0 Å². The average Bonchev–Trinajstić information content (AvgIpc) is 2.90. The Balaban J connectivity index is 1.79. The van der Waals surface area contributed by atoms with Gasteiger partial charge in [0.2, 0.25) is 5.82 Å². The molecule has 0 saturated heterocycles. The van der Waals surface area contributed by atoms with Gasteiger partial charge in [0, 0.05) is 25.2 Å². The van der Waals surface area contributed by atoms with Gasteiger partial charge in [0.25, 0.3) is 0 Å². The van der Waals surface area contributed by atoms with Gasteiger partial charge in [0.15, 0.2) is 0 Å². The zero-order valence-electron chi connectivity index (χ0n) is 11.7. The number of nitrogens with one attached hydrogen (secondary N) is 1. The molecule has 0 amide bonds. The average molecular weight is 327 g/mol. The molecule has 2 aromatic heterocycles. The largest absolute Gasteiger partial charge is 0.478 e. The molecular weight excluding hydrogens is 315 g/mol. The van der Waals surface area contributed by atoms with E-state index in [1.165, 1.54) is 18.3 Å². The van der Waals surface area contributed by atoms with Crippen molar-refractivity contribution in [3.8, 4) is 0 Å². The van der Waals surface area contributed by atoms with Crippen LogP contribution in [-0.4, -0.2) is 36.9 Å². The molecule has 0 saturated carbocycles. The van der Waals surface area contributed by atoms with Crippen molar-refractivity contribution in [3.05, 3.63) is 35.5 Å². The summed E-state index contributed by atoms with van der Waals surface area (Å²) in [4.78, 5) is 15.1. The van der Waals surface area contributed by atoms with Crippen molar-refractivity contribution >= 4 is 11.8 Å². The summed E-state index contributed by atoms with van der Waals surface area (Å²) >= 11 is 0. The van der Waals surface area contributed by atoms with E-state index in [9.17, 15) is 18.0 Å². The normalized spacial score (nSPS) is 17.6. The Kier molecular flexibility index (Phi) is 3.66. The van der Waals surface area contributed by atoms with Crippen molar-refractivity contribution in [1.82, 2.24) is 19.7 Å². The van der Waals surface area contributed by atoms with E-state index in [1.54, 1.807) is 0 Å². The lowest BCUT2D eigenvalue weighted by molar-refractivity contribution is -0.147. The standard InChI is InChI=1S/C13H12F3N5O2/c14-13(15,16)12-20-19-9-6-7(3-5-21(9)12)18-10-8(11(22)23)2-1-4-17-10/h1-2,4,7H,3,5-6H2,(H,17,18)(H,22,23). The van der Waals surface area contributed by atoms with Crippen LogP contribution in [0.4, 0.5) is 19.0 Å². The molecule has 1 aliphatic rings. The SMILES string of the molecule is O=C(O)c1cccnc1NC1CCn2c(nnc2C(F)(F)F)C1. The number of rotatable bonds is 3. The highest BCUT2D eigenvalue weighted by Crippen LogP contribution is 2.30. The Bertz CT molecular complexity index is 743. The monoisotopic (exact) mass is 327 g/mol. The number of pyridine rings is 1. The Morgan fingerprint density at radius 3 is 2.87 bits per heavy atom. The summed E-state index contributed by atoms with van der Waals surface area (Å²) < 4.78 is 39.4. The molecule has 3 heterocycles. The molecule has 1 aliphatic heterocycles. The highest BCUT2D eigenvalue weighted by molar-refractivity contribution is 5.93. The molecule has 2 aromatic rings. The number of aromatic nitrogens is 4. The van der Waals surface area contributed by atoms with Gasteiger partial charge in [-0.15, -0.1) is 10.2 Å². The minimum atomic E-state index is -4.54. The first-order valence-electron chi connectivity index (χ1n) is 6.80. The number of carboxylic acids is 1. The summed E-state index contributed by atoms with van der Waals surface area (Å²) in [6.45, 7) is 0.101. The zero-order chi connectivity index (χ0) is 16.6. The van der Waals surface area contributed by atoms with Crippen LogP contribution in [0.1, 0.15) is 28.4 Å². The number of carboxylic acid groups (broad SMARTS) is 1. The maximum atomic E-state index is 12.8. The third-order valence-corrected chi connectivity index (χ3v) is 3.59. The minimum Gasteiger partial charge on any atom is -0.478 e. The van der Waals surface area contributed by atoms with Gasteiger partial charge in [-0.25, -0.2) is 9.78 Å². The Labute approximate surface area is 128 Å². The van der Waals surface area contributed by atoms with E-state index in [2.05, 4.69) is 20.5 Å². The van der Waals surface area contributed by atoms with E-state index in [-0.39, 0.29) is 36.2 Å². The molecule has 0 bridgehead atoms. The summed E-state index contributed by atoms with van der Waals surface area (Å²) in [7, 11) is 0. The molecular formula is C13H12F3N5O2. The number of carbonyl (C=O) groups is 1. The number of halogens is 3. The first-order chi connectivity index (χ1) is 10.9. The van der Waals surface area contributed by atoms with Gasteiger partial charge < -0.3 is 15.0 Å². The second-order valence-electron chi connectivity index (χ2n) is 5.13. The van der Waals surface area contributed by atoms with Crippen LogP contribution in [-0.2, 0) is 19.1 Å². The Morgan fingerprint density at radius 1 is 1.39 bits per heavy atom. The van der Waals surface area contributed by atoms with Crippen molar-refractivity contribution in [1.29, 1.82) is 0 Å². The van der Waals surface area contributed by atoms with Gasteiger partial charge in [-0.3, -0.25) is 0 Å². The van der Waals surface area contributed by atoms with Crippen molar-refractivity contribution in [2.75, 3.05) is 5.32 Å². The molecule has 7 nitrogen and oxygen atoms in total. The van der Waals surface area contributed by atoms with E-state index >= 15 is 0 Å². The lowest BCUT2D eigenvalue weighted by atomic mass is 10.1. The highest BCUT2D eigenvalue weighted by Gasteiger charge is 2.39.